The minimum Gasteiger partial charge on any atom is -0.339 e. The average molecular weight is 284 g/mol. The SMILES string of the molecule is CCS[C@@H]1CCCC[C@H]1N[C@@H]1CCN(C(C)C)C1=O. The van der Waals surface area contributed by atoms with Gasteiger partial charge in [0.15, 0.2) is 0 Å². The van der Waals surface area contributed by atoms with E-state index in [0.29, 0.717) is 23.2 Å². The molecule has 1 saturated carbocycles. The van der Waals surface area contributed by atoms with Crippen molar-refractivity contribution in [2.24, 2.45) is 0 Å². The third kappa shape index (κ3) is 3.66. The molecule has 0 unspecified atom stereocenters. The molecule has 0 aromatic heterocycles. The van der Waals surface area contributed by atoms with Gasteiger partial charge < -0.3 is 10.2 Å². The number of rotatable bonds is 5. The molecule has 3 nitrogen and oxygen atoms in total. The van der Waals surface area contributed by atoms with Crippen LogP contribution in [0.4, 0.5) is 0 Å². The molecule has 110 valence electrons. The van der Waals surface area contributed by atoms with E-state index in [1.54, 1.807) is 0 Å². The lowest BCUT2D eigenvalue weighted by atomic mass is 9.94. The molecule has 1 aliphatic heterocycles. The number of nitrogens with zero attached hydrogens (tertiary/aromatic N) is 1. The quantitative estimate of drug-likeness (QED) is 0.842. The maximum absolute atomic E-state index is 12.3. The molecule has 0 spiro atoms. The fourth-order valence-corrected chi connectivity index (χ4v) is 4.54. The number of likely N-dealkylation sites (tertiary alicyclic amines) is 1. The fourth-order valence-electron chi connectivity index (χ4n) is 3.33. The normalized spacial score (nSPS) is 32.3. The average Bonchev–Trinajstić information content (AvgIpc) is 2.74. The Labute approximate surface area is 121 Å². The molecular formula is C15H28N2OS. The van der Waals surface area contributed by atoms with Crippen molar-refractivity contribution in [2.45, 2.75) is 76.3 Å². The van der Waals surface area contributed by atoms with E-state index < -0.39 is 0 Å². The molecule has 0 bridgehead atoms. The summed E-state index contributed by atoms with van der Waals surface area (Å²) in [5.41, 5.74) is 0. The van der Waals surface area contributed by atoms with Crippen molar-refractivity contribution < 1.29 is 4.79 Å². The van der Waals surface area contributed by atoms with Crippen molar-refractivity contribution in [3.05, 3.63) is 0 Å². The second-order valence-corrected chi connectivity index (χ2v) is 7.53. The van der Waals surface area contributed by atoms with Gasteiger partial charge in [-0.05, 0) is 38.9 Å². The van der Waals surface area contributed by atoms with Crippen molar-refractivity contribution in [2.75, 3.05) is 12.3 Å². The first kappa shape index (κ1) is 15.2. The van der Waals surface area contributed by atoms with E-state index >= 15 is 0 Å². The van der Waals surface area contributed by atoms with Crippen LogP contribution in [0, 0.1) is 0 Å². The zero-order valence-corrected chi connectivity index (χ0v) is 13.3. The smallest absolute Gasteiger partial charge is 0.240 e. The summed E-state index contributed by atoms with van der Waals surface area (Å²) in [4.78, 5) is 14.4. The Hall–Kier alpha value is -0.220. The third-order valence-corrected chi connectivity index (χ3v) is 5.69. The maximum atomic E-state index is 12.3. The second-order valence-electron chi connectivity index (χ2n) is 6.02. The van der Waals surface area contributed by atoms with Crippen LogP contribution in [0.15, 0.2) is 0 Å². The monoisotopic (exact) mass is 284 g/mol. The Morgan fingerprint density at radius 3 is 2.68 bits per heavy atom. The third-order valence-electron chi connectivity index (χ3n) is 4.36. The molecule has 1 amide bonds. The van der Waals surface area contributed by atoms with Gasteiger partial charge >= 0.3 is 0 Å². The number of hydrogen-bond acceptors (Lipinski definition) is 3. The Kier molecular flexibility index (Phi) is 5.58. The first-order valence-corrected chi connectivity index (χ1v) is 8.86. The lowest BCUT2D eigenvalue weighted by Gasteiger charge is -2.33. The van der Waals surface area contributed by atoms with Crippen LogP contribution < -0.4 is 5.32 Å². The van der Waals surface area contributed by atoms with Crippen molar-refractivity contribution in [1.82, 2.24) is 10.2 Å². The Bertz CT molecular complexity index is 307. The fraction of sp³-hybridized carbons (Fsp3) is 0.933. The van der Waals surface area contributed by atoms with Gasteiger partial charge in [0, 0.05) is 23.9 Å². The van der Waals surface area contributed by atoms with Crippen molar-refractivity contribution in [3.63, 3.8) is 0 Å². The molecular weight excluding hydrogens is 256 g/mol. The largest absolute Gasteiger partial charge is 0.339 e. The van der Waals surface area contributed by atoms with Crippen LogP contribution in [0.1, 0.15) is 52.9 Å². The van der Waals surface area contributed by atoms with Gasteiger partial charge in [-0.15, -0.1) is 0 Å². The summed E-state index contributed by atoms with van der Waals surface area (Å²) in [7, 11) is 0. The van der Waals surface area contributed by atoms with E-state index in [0.717, 1.165) is 13.0 Å². The standard InChI is InChI=1S/C15H28N2OS/c1-4-19-14-8-6-5-7-12(14)16-13-9-10-17(11(2)3)15(13)18/h11-14,16H,4-10H2,1-3H3/t12-,13-,14-/m1/s1. The van der Waals surface area contributed by atoms with Gasteiger partial charge in [0.05, 0.1) is 6.04 Å². The Morgan fingerprint density at radius 1 is 1.32 bits per heavy atom. The summed E-state index contributed by atoms with van der Waals surface area (Å²) in [5.74, 6) is 1.50. The van der Waals surface area contributed by atoms with Crippen LogP contribution in [0.25, 0.3) is 0 Å². The van der Waals surface area contributed by atoms with Crippen molar-refractivity contribution >= 4 is 17.7 Å². The van der Waals surface area contributed by atoms with E-state index in [4.69, 9.17) is 0 Å². The molecule has 1 heterocycles. The van der Waals surface area contributed by atoms with Crippen molar-refractivity contribution in [1.29, 1.82) is 0 Å². The van der Waals surface area contributed by atoms with E-state index in [1.807, 2.05) is 4.90 Å². The van der Waals surface area contributed by atoms with Crippen LogP contribution in [-0.2, 0) is 4.79 Å². The van der Waals surface area contributed by atoms with Crippen LogP contribution in [0.3, 0.4) is 0 Å². The van der Waals surface area contributed by atoms with Crippen molar-refractivity contribution in [3.8, 4) is 0 Å². The molecule has 2 aliphatic rings. The minimum atomic E-state index is 0.0745. The summed E-state index contributed by atoms with van der Waals surface area (Å²) in [5, 5.41) is 4.38. The number of carbonyl (C=O) groups excluding carboxylic acids is 1. The van der Waals surface area contributed by atoms with E-state index in [-0.39, 0.29) is 6.04 Å². The first-order valence-electron chi connectivity index (χ1n) is 7.81. The highest BCUT2D eigenvalue weighted by Gasteiger charge is 2.36. The number of hydrogen-bond donors (Lipinski definition) is 1. The molecule has 1 aliphatic carbocycles. The first-order chi connectivity index (χ1) is 9.13. The lowest BCUT2D eigenvalue weighted by molar-refractivity contribution is -0.131. The number of thioether (sulfide) groups is 1. The summed E-state index contributed by atoms with van der Waals surface area (Å²) in [6, 6.07) is 0.955. The number of amides is 1. The van der Waals surface area contributed by atoms with E-state index in [1.165, 1.54) is 31.4 Å². The maximum Gasteiger partial charge on any atom is 0.240 e. The summed E-state index contributed by atoms with van der Waals surface area (Å²) in [6.07, 6.45) is 6.20. The predicted octanol–water partition coefficient (Wildman–Crippen LogP) is 2.65. The van der Waals surface area contributed by atoms with Gasteiger partial charge in [0.1, 0.15) is 0 Å². The minimum absolute atomic E-state index is 0.0745. The number of carbonyl (C=O) groups is 1. The number of nitrogens with one attached hydrogen (secondary N) is 1. The Balaban J connectivity index is 1.91. The van der Waals surface area contributed by atoms with Crippen LogP contribution in [0.5, 0.6) is 0 Å². The van der Waals surface area contributed by atoms with Gasteiger partial charge in [-0.1, -0.05) is 19.8 Å². The topological polar surface area (TPSA) is 32.3 Å². The molecule has 0 aromatic carbocycles. The molecule has 0 aromatic rings. The van der Waals surface area contributed by atoms with Crippen LogP contribution in [0.2, 0.25) is 0 Å². The van der Waals surface area contributed by atoms with Crippen LogP contribution in [-0.4, -0.2) is 46.5 Å². The van der Waals surface area contributed by atoms with E-state index in [2.05, 4.69) is 37.8 Å². The zero-order chi connectivity index (χ0) is 13.8. The summed E-state index contributed by atoms with van der Waals surface area (Å²) in [6.45, 7) is 7.37. The highest BCUT2D eigenvalue weighted by Crippen LogP contribution is 2.29. The van der Waals surface area contributed by atoms with Gasteiger partial charge in [0.25, 0.3) is 0 Å². The highest BCUT2D eigenvalue weighted by atomic mass is 32.2. The summed E-state index contributed by atoms with van der Waals surface area (Å²) >= 11 is 2.06. The molecule has 19 heavy (non-hydrogen) atoms. The molecule has 2 fully saturated rings. The van der Waals surface area contributed by atoms with Gasteiger partial charge in [-0.2, -0.15) is 11.8 Å². The van der Waals surface area contributed by atoms with Gasteiger partial charge in [0.2, 0.25) is 5.91 Å². The zero-order valence-electron chi connectivity index (χ0n) is 12.5. The van der Waals surface area contributed by atoms with Crippen LogP contribution >= 0.6 is 11.8 Å². The van der Waals surface area contributed by atoms with Gasteiger partial charge in [-0.25, -0.2) is 0 Å². The molecule has 1 N–H and O–H groups in total. The molecule has 3 atom stereocenters. The predicted molar refractivity (Wildman–Crippen MR) is 82.6 cm³/mol. The molecule has 1 saturated heterocycles. The Morgan fingerprint density at radius 2 is 2.05 bits per heavy atom. The lowest BCUT2D eigenvalue weighted by Crippen LogP contribution is -2.49. The molecule has 4 heteroatoms. The van der Waals surface area contributed by atoms with E-state index in [9.17, 15) is 4.79 Å². The van der Waals surface area contributed by atoms with Gasteiger partial charge in [-0.3, -0.25) is 4.79 Å². The molecule has 2 rings (SSSR count). The highest BCUT2D eigenvalue weighted by molar-refractivity contribution is 7.99. The second kappa shape index (κ2) is 6.98. The molecule has 0 radical (unpaired) electrons. The summed E-state index contributed by atoms with van der Waals surface area (Å²) < 4.78 is 0.